The predicted molar refractivity (Wildman–Crippen MR) is 87.7 cm³/mol. The summed E-state index contributed by atoms with van der Waals surface area (Å²) in [5, 5.41) is 3.44. The van der Waals surface area contributed by atoms with Crippen molar-refractivity contribution in [2.45, 2.75) is 39.2 Å². The van der Waals surface area contributed by atoms with Crippen LogP contribution >= 0.6 is 27.0 Å². The Kier molecular flexibility index (Phi) is 7.62. The number of hydrogen-bond donors (Lipinski definition) is 1. The molecule has 2 heterocycles. The maximum absolute atomic E-state index is 12.0. The standard InChI is InChI=1S/C13H24N2O2.2H2S/c1-13(2,3)17-12(16)15-6-4-10-8-14-9-11(10)5-7-15;;/h10-11,14H,4-9H2,1-3H3;2*1H2/t10-,11-;;/m1../s1. The number of hydrogen-bond acceptors (Lipinski definition) is 3. The Hall–Kier alpha value is -0.0700. The summed E-state index contributed by atoms with van der Waals surface area (Å²) in [7, 11) is 0. The second-order valence-electron chi connectivity index (χ2n) is 6.22. The van der Waals surface area contributed by atoms with Crippen LogP contribution in [0.25, 0.3) is 0 Å². The summed E-state index contributed by atoms with van der Waals surface area (Å²) in [5.74, 6) is 1.50. The molecule has 4 nitrogen and oxygen atoms in total. The van der Waals surface area contributed by atoms with Crippen LogP contribution in [0.2, 0.25) is 0 Å². The highest BCUT2D eigenvalue weighted by Crippen LogP contribution is 2.27. The van der Waals surface area contributed by atoms with Gasteiger partial charge in [0.25, 0.3) is 0 Å². The van der Waals surface area contributed by atoms with Gasteiger partial charge >= 0.3 is 6.09 Å². The van der Waals surface area contributed by atoms with Gasteiger partial charge in [-0.25, -0.2) is 4.79 Å². The van der Waals surface area contributed by atoms with Crippen molar-refractivity contribution in [1.29, 1.82) is 0 Å². The molecule has 0 aliphatic carbocycles. The van der Waals surface area contributed by atoms with Crippen molar-refractivity contribution in [1.82, 2.24) is 10.2 Å². The monoisotopic (exact) mass is 308 g/mol. The van der Waals surface area contributed by atoms with Gasteiger partial charge in [-0.15, -0.1) is 0 Å². The molecule has 1 N–H and O–H groups in total. The van der Waals surface area contributed by atoms with Gasteiger partial charge in [-0.05, 0) is 58.5 Å². The number of amides is 1. The van der Waals surface area contributed by atoms with Crippen LogP contribution in [0.3, 0.4) is 0 Å². The Morgan fingerprint density at radius 2 is 1.58 bits per heavy atom. The largest absolute Gasteiger partial charge is 0.444 e. The third kappa shape index (κ3) is 5.44. The summed E-state index contributed by atoms with van der Waals surface area (Å²) in [5.41, 5.74) is -0.388. The first-order valence-corrected chi connectivity index (χ1v) is 6.64. The van der Waals surface area contributed by atoms with Crippen LogP contribution in [-0.4, -0.2) is 42.8 Å². The van der Waals surface area contributed by atoms with Crippen LogP contribution in [0.4, 0.5) is 4.79 Å². The first-order valence-electron chi connectivity index (χ1n) is 6.64. The SMILES string of the molecule is CC(C)(C)OC(=O)N1CC[C@@H]2CNC[C@H]2CC1.S.S. The lowest BCUT2D eigenvalue weighted by Gasteiger charge is -2.26. The van der Waals surface area contributed by atoms with Crippen molar-refractivity contribution in [2.24, 2.45) is 11.8 Å². The van der Waals surface area contributed by atoms with Crippen LogP contribution in [0.5, 0.6) is 0 Å². The van der Waals surface area contributed by atoms with E-state index < -0.39 is 0 Å². The van der Waals surface area contributed by atoms with Gasteiger partial charge in [-0.2, -0.15) is 27.0 Å². The maximum atomic E-state index is 12.0. The lowest BCUT2D eigenvalue weighted by molar-refractivity contribution is 0.0253. The van der Waals surface area contributed by atoms with E-state index in [9.17, 15) is 4.79 Å². The zero-order valence-corrected chi connectivity index (χ0v) is 14.2. The molecular formula is C13H28N2O2S2. The van der Waals surface area contributed by atoms with E-state index in [2.05, 4.69) is 5.32 Å². The molecule has 0 radical (unpaired) electrons. The molecule has 114 valence electrons. The van der Waals surface area contributed by atoms with Crippen LogP contribution in [0, 0.1) is 11.8 Å². The summed E-state index contributed by atoms with van der Waals surface area (Å²) < 4.78 is 5.43. The number of ether oxygens (including phenoxy) is 1. The normalized spacial score (nSPS) is 26.6. The number of carbonyl (C=O) groups excluding carboxylic acids is 1. The Labute approximate surface area is 130 Å². The van der Waals surface area contributed by atoms with Gasteiger partial charge in [0.05, 0.1) is 0 Å². The Balaban J connectivity index is 0.00000162. The Morgan fingerprint density at radius 1 is 1.11 bits per heavy atom. The average molecular weight is 309 g/mol. The van der Waals surface area contributed by atoms with Crippen LogP contribution in [0.1, 0.15) is 33.6 Å². The number of carbonyl (C=O) groups is 1. The van der Waals surface area contributed by atoms with E-state index in [1.807, 2.05) is 25.7 Å². The summed E-state index contributed by atoms with van der Waals surface area (Å²) in [6.45, 7) is 9.68. The zero-order valence-electron chi connectivity index (χ0n) is 12.2. The van der Waals surface area contributed by atoms with Gasteiger partial charge in [0.2, 0.25) is 0 Å². The minimum Gasteiger partial charge on any atom is -0.444 e. The molecule has 0 aromatic rings. The van der Waals surface area contributed by atoms with Gasteiger partial charge < -0.3 is 15.0 Å². The van der Waals surface area contributed by atoms with E-state index in [-0.39, 0.29) is 38.7 Å². The maximum Gasteiger partial charge on any atom is 0.410 e. The van der Waals surface area contributed by atoms with Gasteiger partial charge in [-0.3, -0.25) is 0 Å². The van der Waals surface area contributed by atoms with Gasteiger partial charge in [0.1, 0.15) is 5.60 Å². The Morgan fingerprint density at radius 3 is 2.00 bits per heavy atom. The van der Waals surface area contributed by atoms with E-state index in [1.54, 1.807) is 0 Å². The Bertz CT molecular complexity index is 281. The first kappa shape index (κ1) is 18.9. The molecule has 2 saturated heterocycles. The molecule has 0 unspecified atom stereocenters. The molecule has 0 saturated carbocycles. The van der Waals surface area contributed by atoms with Gasteiger partial charge in [0, 0.05) is 13.1 Å². The molecule has 2 fully saturated rings. The fraction of sp³-hybridized carbons (Fsp3) is 0.923. The van der Waals surface area contributed by atoms with Crippen molar-refractivity contribution >= 4 is 33.1 Å². The molecule has 2 aliphatic heterocycles. The lowest BCUT2D eigenvalue weighted by atomic mass is 9.92. The van der Waals surface area contributed by atoms with Gasteiger partial charge in [0.15, 0.2) is 0 Å². The number of likely N-dealkylation sites (tertiary alicyclic amines) is 1. The summed E-state index contributed by atoms with van der Waals surface area (Å²) >= 11 is 0. The van der Waals surface area contributed by atoms with Crippen molar-refractivity contribution < 1.29 is 9.53 Å². The molecule has 6 heteroatoms. The van der Waals surface area contributed by atoms with Crippen LogP contribution in [0.15, 0.2) is 0 Å². The van der Waals surface area contributed by atoms with E-state index in [0.29, 0.717) is 0 Å². The van der Waals surface area contributed by atoms with Crippen LogP contribution in [-0.2, 0) is 4.74 Å². The van der Waals surface area contributed by atoms with Gasteiger partial charge in [-0.1, -0.05) is 0 Å². The van der Waals surface area contributed by atoms with Crippen LogP contribution < -0.4 is 5.32 Å². The quantitative estimate of drug-likeness (QED) is 0.745. The lowest BCUT2D eigenvalue weighted by Crippen LogP contribution is -2.37. The number of nitrogens with zero attached hydrogens (tertiary/aromatic N) is 1. The molecule has 1 amide bonds. The highest BCUT2D eigenvalue weighted by atomic mass is 32.1. The molecule has 2 rings (SSSR count). The second-order valence-corrected chi connectivity index (χ2v) is 6.22. The van der Waals surface area contributed by atoms with E-state index in [1.165, 1.54) is 0 Å². The van der Waals surface area contributed by atoms with Crippen molar-refractivity contribution in [3.05, 3.63) is 0 Å². The summed E-state index contributed by atoms with van der Waals surface area (Å²) in [4.78, 5) is 13.9. The molecular weight excluding hydrogens is 280 g/mol. The van der Waals surface area contributed by atoms with E-state index in [4.69, 9.17) is 4.74 Å². The minimum atomic E-state index is -0.388. The highest BCUT2D eigenvalue weighted by Gasteiger charge is 2.32. The third-order valence-corrected chi connectivity index (χ3v) is 3.67. The molecule has 0 aromatic carbocycles. The third-order valence-electron chi connectivity index (χ3n) is 3.67. The zero-order chi connectivity index (χ0) is 12.5. The van der Waals surface area contributed by atoms with Crippen molar-refractivity contribution in [3.8, 4) is 0 Å². The van der Waals surface area contributed by atoms with E-state index >= 15 is 0 Å². The number of fused-ring (bicyclic) bond motifs is 1. The highest BCUT2D eigenvalue weighted by molar-refractivity contribution is 7.59. The smallest absolute Gasteiger partial charge is 0.410 e. The van der Waals surface area contributed by atoms with Crippen molar-refractivity contribution in [2.75, 3.05) is 26.2 Å². The molecule has 0 bridgehead atoms. The summed E-state index contributed by atoms with van der Waals surface area (Å²) in [6, 6.07) is 0. The predicted octanol–water partition coefficient (Wildman–Crippen LogP) is 2.08. The van der Waals surface area contributed by atoms with E-state index in [0.717, 1.165) is 50.9 Å². The molecule has 2 aliphatic rings. The topological polar surface area (TPSA) is 41.6 Å². The average Bonchev–Trinajstić information content (AvgIpc) is 2.54. The number of rotatable bonds is 0. The van der Waals surface area contributed by atoms with Crippen molar-refractivity contribution in [3.63, 3.8) is 0 Å². The molecule has 2 atom stereocenters. The second kappa shape index (κ2) is 7.64. The molecule has 0 aromatic heterocycles. The first-order chi connectivity index (χ1) is 7.96. The fourth-order valence-electron chi connectivity index (χ4n) is 2.73. The number of nitrogens with one attached hydrogen (secondary N) is 1. The minimum absolute atomic E-state index is 0. The molecule has 0 spiro atoms. The molecule has 19 heavy (non-hydrogen) atoms. The summed E-state index contributed by atoms with van der Waals surface area (Å²) in [6.07, 6.45) is 2.07. The fourth-order valence-corrected chi connectivity index (χ4v) is 2.73.